The average Bonchev–Trinajstić information content (AvgIpc) is 2.47. The van der Waals surface area contributed by atoms with Crippen molar-refractivity contribution in [2.24, 2.45) is 0 Å². The Morgan fingerprint density at radius 2 is 1.67 bits per heavy atom. The molecule has 0 bridgehead atoms. The quantitative estimate of drug-likeness (QED) is 0.849. The molecule has 0 heterocycles. The summed E-state index contributed by atoms with van der Waals surface area (Å²) >= 11 is 0. The largest absolute Gasteiger partial charge is 0.480 e. The molecule has 2 aromatic carbocycles. The molecule has 0 aliphatic heterocycles. The van der Waals surface area contributed by atoms with Crippen LogP contribution in [-0.2, 0) is 11.2 Å². The molecule has 0 unspecified atom stereocenters. The molecule has 0 amide bonds. The van der Waals surface area contributed by atoms with Crippen LogP contribution in [0.3, 0.4) is 0 Å². The molecule has 1 N–H and O–H groups in total. The fourth-order valence-corrected chi connectivity index (χ4v) is 1.98. The number of hydrogen-bond donors (Lipinski definition) is 1. The number of carboxylic acids is 1. The minimum Gasteiger partial charge on any atom is -0.480 e. The van der Waals surface area contributed by atoms with E-state index in [-0.39, 0.29) is 6.54 Å². The van der Waals surface area contributed by atoms with Crippen molar-refractivity contribution in [3.63, 3.8) is 0 Å². The lowest BCUT2D eigenvalue weighted by Crippen LogP contribution is -2.27. The number of rotatable bonds is 7. The highest BCUT2D eigenvalue weighted by Crippen LogP contribution is 2.21. The fourth-order valence-electron chi connectivity index (χ4n) is 1.98. The van der Waals surface area contributed by atoms with Crippen molar-refractivity contribution in [2.45, 2.75) is 6.42 Å². The highest BCUT2D eigenvalue weighted by atomic mass is 16.5. The molecule has 0 saturated heterocycles. The normalized spacial score (nSPS) is 10.6. The number of hydrogen-bond acceptors (Lipinski definition) is 3. The predicted molar refractivity (Wildman–Crippen MR) is 81.8 cm³/mol. The molecule has 4 heteroatoms. The van der Waals surface area contributed by atoms with E-state index in [2.05, 4.69) is 0 Å². The first kappa shape index (κ1) is 15.1. The van der Waals surface area contributed by atoms with E-state index in [4.69, 9.17) is 9.84 Å². The minimum absolute atomic E-state index is 0.0647. The van der Waals surface area contributed by atoms with E-state index in [1.54, 1.807) is 11.9 Å². The molecular formula is C17H19NO3. The second kappa shape index (κ2) is 7.45. The van der Waals surface area contributed by atoms with Crippen LogP contribution in [0.4, 0.5) is 0 Å². The van der Waals surface area contributed by atoms with Gasteiger partial charge >= 0.3 is 5.97 Å². The molecule has 0 spiro atoms. The number of likely N-dealkylation sites (N-methyl/N-ethyl adjacent to an activating group) is 1. The summed E-state index contributed by atoms with van der Waals surface area (Å²) in [7, 11) is 1.81. The van der Waals surface area contributed by atoms with E-state index in [0.717, 1.165) is 23.5 Å². The standard InChI is InChI=1S/C17H19NO3/c1-18(13-17(19)20)12-11-14-7-9-16(10-8-14)21-15-5-3-2-4-6-15/h2-10H,11-13H2,1H3,(H,19,20). The summed E-state index contributed by atoms with van der Waals surface area (Å²) in [6.07, 6.45) is 0.815. The van der Waals surface area contributed by atoms with Crippen molar-refractivity contribution in [1.82, 2.24) is 4.90 Å². The van der Waals surface area contributed by atoms with E-state index >= 15 is 0 Å². The van der Waals surface area contributed by atoms with Crippen molar-refractivity contribution in [3.05, 3.63) is 60.2 Å². The lowest BCUT2D eigenvalue weighted by Gasteiger charge is -2.13. The molecule has 0 aromatic heterocycles. The van der Waals surface area contributed by atoms with Crippen LogP contribution in [-0.4, -0.2) is 36.1 Å². The summed E-state index contributed by atoms with van der Waals surface area (Å²) in [6.45, 7) is 0.778. The summed E-state index contributed by atoms with van der Waals surface area (Å²) in [5.74, 6) is 0.805. The molecule has 0 atom stereocenters. The van der Waals surface area contributed by atoms with E-state index in [9.17, 15) is 4.79 Å². The van der Waals surface area contributed by atoms with Crippen molar-refractivity contribution in [3.8, 4) is 11.5 Å². The van der Waals surface area contributed by atoms with Crippen LogP contribution in [0.1, 0.15) is 5.56 Å². The van der Waals surface area contributed by atoms with Gasteiger partial charge in [-0.3, -0.25) is 9.69 Å². The summed E-state index contributed by atoms with van der Waals surface area (Å²) in [4.78, 5) is 12.4. The van der Waals surface area contributed by atoms with Crippen LogP contribution in [0.2, 0.25) is 0 Å². The molecule has 0 radical (unpaired) electrons. The number of carbonyl (C=O) groups is 1. The average molecular weight is 285 g/mol. The van der Waals surface area contributed by atoms with E-state index in [1.807, 2.05) is 54.6 Å². The maximum Gasteiger partial charge on any atom is 0.317 e. The van der Waals surface area contributed by atoms with Gasteiger partial charge in [0.2, 0.25) is 0 Å². The summed E-state index contributed by atoms with van der Waals surface area (Å²) in [6, 6.07) is 17.5. The molecule has 0 saturated carbocycles. The highest BCUT2D eigenvalue weighted by Gasteiger charge is 2.04. The number of nitrogens with zero attached hydrogens (tertiary/aromatic N) is 1. The predicted octanol–water partition coefficient (Wildman–Crippen LogP) is 3.04. The van der Waals surface area contributed by atoms with Gasteiger partial charge in [-0.15, -0.1) is 0 Å². The van der Waals surface area contributed by atoms with Crippen LogP contribution in [0.15, 0.2) is 54.6 Å². The molecule has 0 aliphatic carbocycles. The Balaban J connectivity index is 1.86. The van der Waals surface area contributed by atoms with Gasteiger partial charge in [0.05, 0.1) is 6.54 Å². The Labute approximate surface area is 124 Å². The number of benzene rings is 2. The minimum atomic E-state index is -0.802. The summed E-state index contributed by atoms with van der Waals surface area (Å²) < 4.78 is 5.72. The summed E-state index contributed by atoms with van der Waals surface area (Å²) in [5, 5.41) is 8.70. The number of aliphatic carboxylic acids is 1. The topological polar surface area (TPSA) is 49.8 Å². The molecule has 0 aliphatic rings. The number of para-hydroxylation sites is 1. The monoisotopic (exact) mass is 285 g/mol. The van der Waals surface area contributed by atoms with Crippen molar-refractivity contribution in [2.75, 3.05) is 20.1 Å². The SMILES string of the molecule is CN(CCc1ccc(Oc2ccccc2)cc1)CC(=O)O. The second-order valence-electron chi connectivity index (χ2n) is 4.94. The van der Waals surface area contributed by atoms with Crippen LogP contribution in [0.5, 0.6) is 11.5 Å². The van der Waals surface area contributed by atoms with Gasteiger partial charge in [-0.05, 0) is 43.3 Å². The first-order valence-corrected chi connectivity index (χ1v) is 6.85. The van der Waals surface area contributed by atoms with Gasteiger partial charge in [-0.25, -0.2) is 0 Å². The molecule has 21 heavy (non-hydrogen) atoms. The Morgan fingerprint density at radius 1 is 1.05 bits per heavy atom. The van der Waals surface area contributed by atoms with Crippen LogP contribution < -0.4 is 4.74 Å². The van der Waals surface area contributed by atoms with Crippen molar-refractivity contribution in [1.29, 1.82) is 0 Å². The summed E-state index contributed by atoms with van der Waals surface area (Å²) in [5.41, 5.74) is 1.16. The van der Waals surface area contributed by atoms with Crippen LogP contribution >= 0.6 is 0 Å². The molecule has 2 rings (SSSR count). The lowest BCUT2D eigenvalue weighted by atomic mass is 10.1. The van der Waals surface area contributed by atoms with Crippen molar-refractivity contribution >= 4 is 5.97 Å². The van der Waals surface area contributed by atoms with Gasteiger partial charge in [0.25, 0.3) is 0 Å². The van der Waals surface area contributed by atoms with Gasteiger partial charge in [-0.1, -0.05) is 30.3 Å². The van der Waals surface area contributed by atoms with E-state index < -0.39 is 5.97 Å². The Bertz CT molecular complexity index is 566. The van der Waals surface area contributed by atoms with E-state index in [1.165, 1.54) is 0 Å². The Kier molecular flexibility index (Phi) is 5.35. The zero-order valence-corrected chi connectivity index (χ0v) is 12.0. The Hall–Kier alpha value is -2.33. The molecule has 4 nitrogen and oxygen atoms in total. The van der Waals surface area contributed by atoms with Gasteiger partial charge in [-0.2, -0.15) is 0 Å². The van der Waals surface area contributed by atoms with Gasteiger partial charge in [0.15, 0.2) is 0 Å². The molecule has 0 fully saturated rings. The second-order valence-corrected chi connectivity index (χ2v) is 4.94. The maximum absolute atomic E-state index is 10.6. The Morgan fingerprint density at radius 3 is 2.29 bits per heavy atom. The lowest BCUT2D eigenvalue weighted by molar-refractivity contribution is -0.137. The first-order valence-electron chi connectivity index (χ1n) is 6.85. The third-order valence-electron chi connectivity index (χ3n) is 3.09. The smallest absolute Gasteiger partial charge is 0.317 e. The van der Waals surface area contributed by atoms with Gasteiger partial charge in [0.1, 0.15) is 11.5 Å². The highest BCUT2D eigenvalue weighted by molar-refractivity contribution is 5.69. The van der Waals surface area contributed by atoms with E-state index in [0.29, 0.717) is 6.54 Å². The fraction of sp³-hybridized carbons (Fsp3) is 0.235. The van der Waals surface area contributed by atoms with Gasteiger partial charge in [0, 0.05) is 6.54 Å². The molecular weight excluding hydrogens is 266 g/mol. The van der Waals surface area contributed by atoms with Gasteiger partial charge < -0.3 is 9.84 Å². The molecule has 2 aromatic rings. The van der Waals surface area contributed by atoms with Crippen LogP contribution in [0.25, 0.3) is 0 Å². The van der Waals surface area contributed by atoms with Crippen molar-refractivity contribution < 1.29 is 14.6 Å². The maximum atomic E-state index is 10.6. The third-order valence-corrected chi connectivity index (χ3v) is 3.09. The van der Waals surface area contributed by atoms with Crippen LogP contribution in [0, 0.1) is 0 Å². The number of ether oxygens (including phenoxy) is 1. The zero-order chi connectivity index (χ0) is 15.1. The third kappa shape index (κ3) is 5.28. The zero-order valence-electron chi connectivity index (χ0n) is 12.0. The molecule has 110 valence electrons. The first-order chi connectivity index (χ1) is 10.1. The number of carboxylic acid groups (broad SMARTS) is 1.